The van der Waals surface area contributed by atoms with Crippen LogP contribution < -0.4 is 10.6 Å². The summed E-state index contributed by atoms with van der Waals surface area (Å²) < 4.78 is 13.0. The first-order chi connectivity index (χ1) is 19.3. The van der Waals surface area contributed by atoms with Crippen molar-refractivity contribution in [2.24, 2.45) is 5.92 Å². The van der Waals surface area contributed by atoms with Crippen LogP contribution >= 0.6 is 0 Å². The topological polar surface area (TPSA) is 124 Å². The molecule has 3 aromatic rings. The van der Waals surface area contributed by atoms with E-state index in [0.29, 0.717) is 30.9 Å². The predicted octanol–water partition coefficient (Wildman–Crippen LogP) is 4.48. The van der Waals surface area contributed by atoms with Gasteiger partial charge in [-0.1, -0.05) is 55.5 Å². The van der Waals surface area contributed by atoms with Crippen LogP contribution in [-0.2, 0) is 16.1 Å². The van der Waals surface area contributed by atoms with E-state index in [2.05, 4.69) is 17.6 Å². The number of likely N-dealkylation sites (N-methyl/N-ethyl adjacent to an activating group) is 1. The zero-order valence-electron chi connectivity index (χ0n) is 23.2. The van der Waals surface area contributed by atoms with Crippen LogP contribution in [0.2, 0.25) is 0 Å². The fourth-order valence-corrected chi connectivity index (χ4v) is 4.90. The largest absolute Gasteiger partial charge is 0.508 e. The third kappa shape index (κ3) is 7.59. The van der Waals surface area contributed by atoms with Gasteiger partial charge in [-0.3, -0.25) is 0 Å². The molecule has 1 heterocycles. The van der Waals surface area contributed by atoms with E-state index in [1.54, 1.807) is 24.3 Å². The van der Waals surface area contributed by atoms with Gasteiger partial charge >= 0.3 is 6.03 Å². The summed E-state index contributed by atoms with van der Waals surface area (Å²) in [6.07, 6.45) is -1.91. The number of benzene rings is 3. The van der Waals surface area contributed by atoms with Crippen molar-refractivity contribution < 1.29 is 29.6 Å². The molecule has 1 aliphatic rings. The minimum Gasteiger partial charge on any atom is -0.508 e. The second-order valence-electron chi connectivity index (χ2n) is 10.3. The van der Waals surface area contributed by atoms with E-state index in [9.17, 15) is 20.1 Å². The zero-order chi connectivity index (χ0) is 28.6. The molecule has 0 aliphatic carbocycles. The van der Waals surface area contributed by atoms with Crippen LogP contribution in [0.3, 0.4) is 0 Å². The average Bonchev–Trinajstić information content (AvgIpc) is 2.94. The lowest BCUT2D eigenvalue weighted by Gasteiger charge is -2.42. The van der Waals surface area contributed by atoms with Crippen molar-refractivity contribution >= 4 is 11.7 Å². The van der Waals surface area contributed by atoms with E-state index >= 15 is 0 Å². The number of phenols is 1. The maximum atomic E-state index is 11.9. The quantitative estimate of drug-likeness (QED) is 0.253. The number of phenolic OH excluding ortho intramolecular Hbond substituents is 1. The summed E-state index contributed by atoms with van der Waals surface area (Å²) in [6.45, 7) is 5.35. The van der Waals surface area contributed by atoms with E-state index in [1.807, 2.05) is 67.4 Å². The van der Waals surface area contributed by atoms with Crippen molar-refractivity contribution in [2.45, 2.75) is 45.1 Å². The van der Waals surface area contributed by atoms with Gasteiger partial charge in [0.2, 0.25) is 0 Å². The molecule has 40 heavy (non-hydrogen) atoms. The molecule has 214 valence electrons. The maximum absolute atomic E-state index is 11.9. The molecule has 0 saturated carbocycles. The summed E-state index contributed by atoms with van der Waals surface area (Å²) in [7, 11) is 1.93. The van der Waals surface area contributed by atoms with E-state index in [1.165, 1.54) is 0 Å². The highest BCUT2D eigenvalue weighted by atomic mass is 16.7. The molecule has 0 radical (unpaired) electrons. The van der Waals surface area contributed by atoms with E-state index < -0.39 is 12.4 Å². The Labute approximate surface area is 235 Å². The molecule has 1 aliphatic heterocycles. The summed E-state index contributed by atoms with van der Waals surface area (Å²) in [6, 6.07) is 21.5. The summed E-state index contributed by atoms with van der Waals surface area (Å²) in [5.41, 5.74) is 3.94. The molecule has 0 unspecified atom stereocenters. The highest BCUT2D eigenvalue weighted by Gasteiger charge is 2.39. The number of carbonyl (C=O) groups is 1. The third-order valence-electron chi connectivity index (χ3n) is 7.13. The van der Waals surface area contributed by atoms with Crippen molar-refractivity contribution in [1.29, 1.82) is 0 Å². The van der Waals surface area contributed by atoms with Crippen LogP contribution in [0.15, 0.2) is 72.8 Å². The number of hydrogen-bond acceptors (Lipinski definition) is 7. The highest BCUT2D eigenvalue weighted by Crippen LogP contribution is 2.42. The van der Waals surface area contributed by atoms with Gasteiger partial charge in [0.25, 0.3) is 0 Å². The minimum atomic E-state index is -0.769. The Bertz CT molecular complexity index is 1240. The third-order valence-corrected chi connectivity index (χ3v) is 7.13. The number of aromatic hydroxyl groups is 1. The van der Waals surface area contributed by atoms with Crippen molar-refractivity contribution in [2.75, 3.05) is 32.0 Å². The summed E-state index contributed by atoms with van der Waals surface area (Å²) >= 11 is 0. The lowest BCUT2D eigenvalue weighted by atomic mass is 9.90. The van der Waals surface area contributed by atoms with Gasteiger partial charge in [-0.2, -0.15) is 0 Å². The van der Waals surface area contributed by atoms with Crippen LogP contribution in [0.1, 0.15) is 54.6 Å². The van der Waals surface area contributed by atoms with Crippen molar-refractivity contribution in [1.82, 2.24) is 10.2 Å². The van der Waals surface area contributed by atoms with Gasteiger partial charge in [0, 0.05) is 36.8 Å². The molecule has 9 heteroatoms. The number of rotatable bonds is 10. The van der Waals surface area contributed by atoms with Crippen LogP contribution in [-0.4, -0.2) is 59.0 Å². The van der Waals surface area contributed by atoms with Crippen LogP contribution in [0.4, 0.5) is 10.5 Å². The second kappa shape index (κ2) is 13.7. The summed E-state index contributed by atoms with van der Waals surface area (Å²) in [5.74, 6) is 0.0981. The second-order valence-corrected chi connectivity index (χ2v) is 10.3. The molecule has 4 rings (SSSR count). The number of carbonyl (C=O) groups excluding carboxylic acids is 1. The molecule has 5 N–H and O–H groups in total. The van der Waals surface area contributed by atoms with Gasteiger partial charge in [0.1, 0.15) is 5.75 Å². The van der Waals surface area contributed by atoms with Crippen LogP contribution in [0, 0.1) is 5.92 Å². The Kier molecular flexibility index (Phi) is 10.1. The molecule has 0 bridgehead atoms. The van der Waals surface area contributed by atoms with E-state index in [4.69, 9.17) is 9.47 Å². The molecular weight excluding hydrogens is 510 g/mol. The molecule has 5 atom stereocenters. The molecule has 9 nitrogen and oxygen atoms in total. The standard InChI is InChI=1S/C31H39N3O6/c1-4-32-31(38)33-25-14-12-23(13-15-25)30-39-28(18-34(3)17-27(37)24-6-5-7-26(36)16-24)20(2)29(40-30)22-10-8-21(19-35)9-11-22/h5-16,20,27-30,35-37H,4,17-19H2,1-3H3,(H2,32,33,38)/t20-,27-,28+,29+,30+/m1/s1. The molecule has 1 saturated heterocycles. The number of urea groups is 1. The molecule has 2 amide bonds. The first-order valence-corrected chi connectivity index (χ1v) is 13.6. The first kappa shape index (κ1) is 29.5. The summed E-state index contributed by atoms with van der Waals surface area (Å²) in [4.78, 5) is 13.9. The smallest absolute Gasteiger partial charge is 0.319 e. The Morgan fingerprint density at radius 1 is 1.02 bits per heavy atom. The number of anilines is 1. The van der Waals surface area contributed by atoms with Crippen molar-refractivity contribution in [3.8, 4) is 5.75 Å². The average molecular weight is 550 g/mol. The Morgan fingerprint density at radius 3 is 2.38 bits per heavy atom. The van der Waals surface area contributed by atoms with Gasteiger partial charge < -0.3 is 40.3 Å². The van der Waals surface area contributed by atoms with E-state index in [0.717, 1.165) is 16.7 Å². The molecule has 0 spiro atoms. The number of amides is 2. The predicted molar refractivity (Wildman–Crippen MR) is 153 cm³/mol. The molecular formula is C31H39N3O6. The number of nitrogens with zero attached hydrogens (tertiary/aromatic N) is 1. The normalized spacial score (nSPS) is 21.6. The number of ether oxygens (including phenoxy) is 2. The summed E-state index contributed by atoms with van der Waals surface area (Å²) in [5, 5.41) is 35.5. The fourth-order valence-electron chi connectivity index (χ4n) is 4.90. The van der Waals surface area contributed by atoms with Gasteiger partial charge in [-0.15, -0.1) is 0 Å². The Morgan fingerprint density at radius 2 is 1.73 bits per heavy atom. The van der Waals surface area contributed by atoms with Gasteiger partial charge in [-0.05, 0) is 54.9 Å². The number of hydrogen-bond donors (Lipinski definition) is 5. The lowest BCUT2D eigenvalue weighted by Crippen LogP contribution is -2.44. The SMILES string of the molecule is CCNC(=O)Nc1ccc([C@H]2O[C@@H](CN(C)C[C@@H](O)c3cccc(O)c3)[C@@H](C)[C@@H](c3ccc(CO)cc3)O2)cc1. The van der Waals surface area contributed by atoms with Gasteiger partial charge in [0.15, 0.2) is 6.29 Å². The maximum Gasteiger partial charge on any atom is 0.319 e. The number of aliphatic hydroxyl groups excluding tert-OH is 2. The van der Waals surface area contributed by atoms with Crippen LogP contribution in [0.5, 0.6) is 5.75 Å². The van der Waals surface area contributed by atoms with Crippen LogP contribution in [0.25, 0.3) is 0 Å². The van der Waals surface area contributed by atoms with Gasteiger partial charge in [-0.25, -0.2) is 4.79 Å². The fraction of sp³-hybridized carbons (Fsp3) is 0.387. The van der Waals surface area contributed by atoms with E-state index in [-0.39, 0.29) is 36.5 Å². The minimum absolute atomic E-state index is 0.0183. The zero-order valence-corrected chi connectivity index (χ0v) is 23.2. The molecule has 0 aromatic heterocycles. The Hall–Kier alpha value is -3.47. The number of nitrogens with one attached hydrogen (secondary N) is 2. The highest BCUT2D eigenvalue weighted by molar-refractivity contribution is 5.89. The van der Waals surface area contributed by atoms with Gasteiger partial charge in [0.05, 0.1) is 24.9 Å². The lowest BCUT2D eigenvalue weighted by molar-refractivity contribution is -0.276. The number of aliphatic hydroxyl groups is 2. The Balaban J connectivity index is 1.52. The molecule has 1 fully saturated rings. The van der Waals surface area contributed by atoms with Crippen molar-refractivity contribution in [3.63, 3.8) is 0 Å². The monoisotopic (exact) mass is 549 g/mol. The first-order valence-electron chi connectivity index (χ1n) is 13.6. The van der Waals surface area contributed by atoms with Crippen molar-refractivity contribution in [3.05, 3.63) is 95.1 Å². The molecule has 3 aromatic carbocycles.